The van der Waals surface area contributed by atoms with Crippen LogP contribution in [0.2, 0.25) is 0 Å². The number of aromatic nitrogens is 1. The van der Waals surface area contributed by atoms with Crippen LogP contribution in [0, 0.1) is 0 Å². The van der Waals surface area contributed by atoms with Gasteiger partial charge in [-0.1, -0.05) is 0 Å². The highest BCUT2D eigenvalue weighted by atomic mass is 16.5. The molecule has 1 aromatic heterocycles. The van der Waals surface area contributed by atoms with Gasteiger partial charge in [0.15, 0.2) is 0 Å². The van der Waals surface area contributed by atoms with Crippen molar-refractivity contribution < 1.29 is 14.3 Å². The molecule has 2 atom stereocenters. The predicted molar refractivity (Wildman–Crippen MR) is 67.4 cm³/mol. The Morgan fingerprint density at radius 3 is 3.06 bits per heavy atom. The summed E-state index contributed by atoms with van der Waals surface area (Å²) in [5, 5.41) is 3.24. The zero-order valence-electron chi connectivity index (χ0n) is 10.5. The second kappa shape index (κ2) is 5.22. The summed E-state index contributed by atoms with van der Waals surface area (Å²) in [4.78, 5) is 15.7. The maximum Gasteiger partial charge on any atom is 0.340 e. The minimum atomic E-state index is -0.464. The number of rotatable bonds is 3. The van der Waals surface area contributed by atoms with E-state index in [0.717, 1.165) is 13.0 Å². The van der Waals surface area contributed by atoms with Crippen LogP contribution in [-0.2, 0) is 9.47 Å². The molecule has 2 unspecified atom stereocenters. The smallest absolute Gasteiger partial charge is 0.340 e. The molecular weight excluding hydrogens is 234 g/mol. The fraction of sp³-hybridized carbons (Fsp3) is 0.500. The van der Waals surface area contributed by atoms with E-state index in [9.17, 15) is 4.79 Å². The van der Waals surface area contributed by atoms with Gasteiger partial charge < -0.3 is 20.5 Å². The van der Waals surface area contributed by atoms with Crippen LogP contribution in [0.5, 0.6) is 0 Å². The van der Waals surface area contributed by atoms with Gasteiger partial charge in [0, 0.05) is 6.61 Å². The van der Waals surface area contributed by atoms with E-state index < -0.39 is 5.97 Å². The topological polar surface area (TPSA) is 86.5 Å². The van der Waals surface area contributed by atoms with Gasteiger partial charge in [0.05, 0.1) is 36.7 Å². The molecule has 1 fully saturated rings. The zero-order valence-corrected chi connectivity index (χ0v) is 10.5. The first-order valence-electron chi connectivity index (χ1n) is 5.83. The number of hydrogen-bond donors (Lipinski definition) is 2. The number of nitrogens with two attached hydrogens (primary N) is 1. The minimum absolute atomic E-state index is 0.130. The predicted octanol–water partition coefficient (Wildman–Crippen LogP) is 1.04. The van der Waals surface area contributed by atoms with E-state index in [-0.39, 0.29) is 12.1 Å². The van der Waals surface area contributed by atoms with Gasteiger partial charge >= 0.3 is 5.97 Å². The van der Waals surface area contributed by atoms with Gasteiger partial charge in [0.2, 0.25) is 0 Å². The molecule has 6 nitrogen and oxygen atoms in total. The number of hydrogen-bond acceptors (Lipinski definition) is 6. The molecule has 98 valence electrons. The van der Waals surface area contributed by atoms with E-state index in [1.807, 2.05) is 6.92 Å². The molecule has 0 saturated carbocycles. The summed E-state index contributed by atoms with van der Waals surface area (Å²) in [5.41, 5.74) is 6.31. The van der Waals surface area contributed by atoms with Crippen molar-refractivity contribution in [3.05, 3.63) is 17.8 Å². The summed E-state index contributed by atoms with van der Waals surface area (Å²) >= 11 is 0. The Morgan fingerprint density at radius 2 is 2.44 bits per heavy atom. The van der Waals surface area contributed by atoms with Gasteiger partial charge in [0.1, 0.15) is 5.82 Å². The van der Waals surface area contributed by atoms with Crippen molar-refractivity contribution in [3.63, 3.8) is 0 Å². The maximum atomic E-state index is 11.5. The fourth-order valence-electron chi connectivity index (χ4n) is 1.94. The van der Waals surface area contributed by atoms with Crippen molar-refractivity contribution >= 4 is 17.5 Å². The van der Waals surface area contributed by atoms with E-state index in [2.05, 4.69) is 15.0 Å². The molecule has 2 heterocycles. The molecule has 1 aliphatic heterocycles. The van der Waals surface area contributed by atoms with Crippen LogP contribution < -0.4 is 11.1 Å². The molecule has 0 aliphatic carbocycles. The van der Waals surface area contributed by atoms with E-state index in [1.54, 1.807) is 6.07 Å². The fourth-order valence-corrected chi connectivity index (χ4v) is 1.94. The van der Waals surface area contributed by atoms with Crippen LogP contribution in [-0.4, -0.2) is 36.8 Å². The van der Waals surface area contributed by atoms with Gasteiger partial charge in [-0.25, -0.2) is 9.78 Å². The van der Waals surface area contributed by atoms with Gasteiger partial charge in [-0.05, 0) is 19.4 Å². The number of nitrogen functional groups attached to an aromatic ring is 1. The Balaban J connectivity index is 2.16. The van der Waals surface area contributed by atoms with Crippen molar-refractivity contribution in [2.45, 2.75) is 25.5 Å². The van der Waals surface area contributed by atoms with Crippen LogP contribution in [0.1, 0.15) is 23.7 Å². The standard InChI is InChI=1S/C12H17N3O3/c1-7-10(3-4-18-7)15-11-5-8(12(16)17-2)9(13)6-14-11/h5-7,10H,3-4,13H2,1-2H3,(H,14,15). The molecule has 0 amide bonds. The van der Waals surface area contributed by atoms with Crippen molar-refractivity contribution in [1.82, 2.24) is 4.98 Å². The molecule has 0 spiro atoms. The molecule has 18 heavy (non-hydrogen) atoms. The average molecular weight is 251 g/mol. The molecule has 0 radical (unpaired) electrons. The molecule has 1 aromatic rings. The monoisotopic (exact) mass is 251 g/mol. The van der Waals surface area contributed by atoms with Gasteiger partial charge in [-0.15, -0.1) is 0 Å². The Morgan fingerprint density at radius 1 is 1.67 bits per heavy atom. The van der Waals surface area contributed by atoms with Crippen LogP contribution in [0.4, 0.5) is 11.5 Å². The summed E-state index contributed by atoms with van der Waals surface area (Å²) in [7, 11) is 1.32. The number of pyridine rings is 1. The summed E-state index contributed by atoms with van der Waals surface area (Å²) in [6, 6.07) is 1.80. The highest BCUT2D eigenvalue weighted by Gasteiger charge is 2.24. The molecule has 1 aliphatic rings. The van der Waals surface area contributed by atoms with E-state index in [0.29, 0.717) is 17.1 Å². The van der Waals surface area contributed by atoms with Crippen molar-refractivity contribution in [1.29, 1.82) is 0 Å². The molecule has 2 rings (SSSR count). The number of anilines is 2. The largest absolute Gasteiger partial charge is 0.465 e. The summed E-state index contributed by atoms with van der Waals surface area (Å²) in [6.45, 7) is 2.74. The van der Waals surface area contributed by atoms with Crippen LogP contribution in [0.3, 0.4) is 0 Å². The second-order valence-corrected chi connectivity index (χ2v) is 4.26. The van der Waals surface area contributed by atoms with Gasteiger partial charge in [-0.3, -0.25) is 0 Å². The average Bonchev–Trinajstić information content (AvgIpc) is 2.76. The second-order valence-electron chi connectivity index (χ2n) is 4.26. The normalized spacial score (nSPS) is 22.8. The lowest BCUT2D eigenvalue weighted by molar-refractivity contribution is 0.0602. The summed E-state index contributed by atoms with van der Waals surface area (Å²) in [5.74, 6) is 0.139. The Labute approximate surface area is 105 Å². The third kappa shape index (κ3) is 2.53. The van der Waals surface area contributed by atoms with Crippen LogP contribution in [0.15, 0.2) is 12.3 Å². The Kier molecular flexibility index (Phi) is 3.66. The van der Waals surface area contributed by atoms with Crippen molar-refractivity contribution in [3.8, 4) is 0 Å². The third-order valence-electron chi connectivity index (χ3n) is 3.05. The molecule has 1 saturated heterocycles. The molecule has 3 N–H and O–H groups in total. The maximum absolute atomic E-state index is 11.5. The lowest BCUT2D eigenvalue weighted by atomic mass is 10.1. The Bertz CT molecular complexity index is 450. The van der Waals surface area contributed by atoms with E-state index >= 15 is 0 Å². The molecule has 0 bridgehead atoms. The molecule has 6 heteroatoms. The first-order chi connectivity index (χ1) is 8.61. The SMILES string of the molecule is COC(=O)c1cc(NC2CCOC2C)ncc1N. The minimum Gasteiger partial charge on any atom is -0.465 e. The van der Waals surface area contributed by atoms with Crippen molar-refractivity contribution in [2.24, 2.45) is 0 Å². The number of nitrogens with one attached hydrogen (secondary N) is 1. The number of carbonyl (C=O) groups excluding carboxylic acids is 1. The van der Waals surface area contributed by atoms with E-state index in [4.69, 9.17) is 10.5 Å². The van der Waals surface area contributed by atoms with Gasteiger partial charge in [0.25, 0.3) is 0 Å². The van der Waals surface area contributed by atoms with Crippen LogP contribution >= 0.6 is 0 Å². The quantitative estimate of drug-likeness (QED) is 0.780. The number of esters is 1. The lowest BCUT2D eigenvalue weighted by Gasteiger charge is -2.17. The molecule has 0 aromatic carbocycles. The van der Waals surface area contributed by atoms with Crippen molar-refractivity contribution in [2.75, 3.05) is 24.8 Å². The number of methoxy groups -OCH3 is 1. The number of ether oxygens (including phenoxy) is 2. The first kappa shape index (κ1) is 12.6. The zero-order chi connectivity index (χ0) is 13.1. The highest BCUT2D eigenvalue weighted by Crippen LogP contribution is 2.20. The lowest BCUT2D eigenvalue weighted by Crippen LogP contribution is -2.27. The molecular formula is C12H17N3O3. The van der Waals surface area contributed by atoms with Gasteiger partial charge in [-0.2, -0.15) is 0 Å². The number of nitrogens with zero attached hydrogens (tertiary/aromatic N) is 1. The van der Waals surface area contributed by atoms with Crippen LogP contribution in [0.25, 0.3) is 0 Å². The summed E-state index contributed by atoms with van der Waals surface area (Å²) in [6.07, 6.45) is 2.50. The third-order valence-corrected chi connectivity index (χ3v) is 3.05. The Hall–Kier alpha value is -1.82. The number of carbonyl (C=O) groups is 1. The summed E-state index contributed by atoms with van der Waals surface area (Å²) < 4.78 is 10.1. The highest BCUT2D eigenvalue weighted by molar-refractivity contribution is 5.95. The van der Waals surface area contributed by atoms with E-state index in [1.165, 1.54) is 13.3 Å². The first-order valence-corrected chi connectivity index (χ1v) is 5.83.